The number of hydrogen-bond acceptors (Lipinski definition) is 5. The van der Waals surface area contributed by atoms with Gasteiger partial charge in [0, 0.05) is 27.4 Å². The number of ether oxygens (including phenoxy) is 1. The molecule has 2 N–H and O–H groups in total. The number of rotatable bonds is 3. The van der Waals surface area contributed by atoms with Crippen LogP contribution < -0.4 is 15.5 Å². The van der Waals surface area contributed by atoms with Gasteiger partial charge >= 0.3 is 0 Å². The first kappa shape index (κ1) is 15.8. The molecule has 0 aromatic heterocycles. The summed E-state index contributed by atoms with van der Waals surface area (Å²) < 4.78 is 5.51. The number of hydrogen-bond donors (Lipinski definition) is 2. The fourth-order valence-corrected chi connectivity index (χ4v) is 4.09. The molecular weight excluding hydrogens is 330 g/mol. The first-order valence-corrected chi connectivity index (χ1v) is 8.97. The van der Waals surface area contributed by atoms with E-state index >= 15 is 0 Å². The second-order valence-corrected chi connectivity index (χ2v) is 6.94. The Balaban J connectivity index is 1.80. The van der Waals surface area contributed by atoms with Crippen LogP contribution in [0, 0.1) is 0 Å². The topological polar surface area (TPSA) is 45.6 Å². The maximum absolute atomic E-state index is 5.51. The molecule has 0 fully saturated rings. The third kappa shape index (κ3) is 3.03. The van der Waals surface area contributed by atoms with Crippen molar-refractivity contribution in [3.05, 3.63) is 71.4 Å². The summed E-state index contributed by atoms with van der Waals surface area (Å²) >= 11 is 1.72. The van der Waals surface area contributed by atoms with E-state index in [0.29, 0.717) is 0 Å². The monoisotopic (exact) mass is 349 g/mol. The molecule has 2 aliphatic heterocycles. The van der Waals surface area contributed by atoms with Gasteiger partial charge in [0.15, 0.2) is 0 Å². The Bertz CT molecular complexity index is 915. The molecular formula is C20H19N3OS. The van der Waals surface area contributed by atoms with E-state index in [1.165, 1.54) is 16.0 Å². The molecule has 2 aliphatic rings. The zero-order valence-corrected chi connectivity index (χ0v) is 15.0. The van der Waals surface area contributed by atoms with Crippen LogP contribution in [-0.2, 0) is 0 Å². The highest BCUT2D eigenvalue weighted by molar-refractivity contribution is 8.08. The van der Waals surface area contributed by atoms with E-state index in [9.17, 15) is 0 Å². The van der Waals surface area contributed by atoms with Crippen molar-refractivity contribution >= 4 is 28.1 Å². The average Bonchev–Trinajstić information content (AvgIpc) is 3.08. The van der Waals surface area contributed by atoms with Crippen molar-refractivity contribution in [3.8, 4) is 5.75 Å². The molecule has 2 aromatic rings. The average molecular weight is 349 g/mol. The molecule has 4 nitrogen and oxygen atoms in total. The first-order valence-electron chi connectivity index (χ1n) is 8.16. The largest absolute Gasteiger partial charge is 0.496 e. The van der Waals surface area contributed by atoms with E-state index < -0.39 is 0 Å². The number of nitrogens with one attached hydrogen (secondary N) is 2. The quantitative estimate of drug-likeness (QED) is 0.857. The molecule has 0 amide bonds. The molecule has 0 spiro atoms. The van der Waals surface area contributed by atoms with Crippen molar-refractivity contribution in [2.24, 2.45) is 5.10 Å². The Hall–Kier alpha value is -2.66. The van der Waals surface area contributed by atoms with E-state index in [2.05, 4.69) is 52.3 Å². The second-order valence-electron chi connectivity index (χ2n) is 5.86. The molecule has 0 radical (unpaired) electrons. The third-order valence-electron chi connectivity index (χ3n) is 4.29. The Kier molecular flexibility index (Phi) is 4.24. The van der Waals surface area contributed by atoms with Gasteiger partial charge in [-0.1, -0.05) is 42.1 Å². The number of anilines is 1. The number of para-hydroxylation sites is 2. The van der Waals surface area contributed by atoms with Gasteiger partial charge in [-0.15, -0.1) is 0 Å². The van der Waals surface area contributed by atoms with Crippen LogP contribution in [0.4, 0.5) is 5.69 Å². The van der Waals surface area contributed by atoms with Gasteiger partial charge in [-0.2, -0.15) is 5.10 Å². The predicted octanol–water partition coefficient (Wildman–Crippen LogP) is 4.49. The van der Waals surface area contributed by atoms with Crippen LogP contribution in [0.25, 0.3) is 4.91 Å². The minimum Gasteiger partial charge on any atom is -0.496 e. The van der Waals surface area contributed by atoms with Crippen LogP contribution in [0.1, 0.15) is 12.5 Å². The van der Waals surface area contributed by atoms with Crippen LogP contribution in [0.5, 0.6) is 5.75 Å². The third-order valence-corrected chi connectivity index (χ3v) is 5.41. The van der Waals surface area contributed by atoms with Gasteiger partial charge in [-0.25, -0.2) is 0 Å². The number of allylic oxidation sites excluding steroid dienone is 1. The standard InChI is InChI=1S/C20H19N3OS/c1-13-15(12-21-23-13)17-11-20(14-7-3-4-8-16(14)22-17)25-19-10-6-5-9-18(19)24-2/h3-11,21-22H,12H2,1-2H3. The van der Waals surface area contributed by atoms with Crippen molar-refractivity contribution in [3.63, 3.8) is 0 Å². The molecule has 0 unspecified atom stereocenters. The van der Waals surface area contributed by atoms with Gasteiger partial charge in [0.2, 0.25) is 0 Å². The lowest BCUT2D eigenvalue weighted by atomic mass is 10.0. The van der Waals surface area contributed by atoms with E-state index in [1.807, 2.05) is 25.1 Å². The lowest BCUT2D eigenvalue weighted by Gasteiger charge is -2.23. The highest BCUT2D eigenvalue weighted by Crippen LogP contribution is 2.44. The molecule has 0 atom stereocenters. The van der Waals surface area contributed by atoms with E-state index in [1.54, 1.807) is 18.9 Å². The fraction of sp³-hybridized carbons (Fsp3) is 0.150. The molecule has 126 valence electrons. The molecule has 0 saturated carbocycles. The van der Waals surface area contributed by atoms with E-state index in [-0.39, 0.29) is 0 Å². The van der Waals surface area contributed by atoms with Gasteiger partial charge in [-0.05, 0) is 31.2 Å². The number of nitrogens with zero attached hydrogens (tertiary/aromatic N) is 1. The van der Waals surface area contributed by atoms with Crippen molar-refractivity contribution in [1.29, 1.82) is 0 Å². The van der Waals surface area contributed by atoms with Crippen LogP contribution in [-0.4, -0.2) is 19.4 Å². The molecule has 0 aliphatic carbocycles. The fourth-order valence-electron chi connectivity index (χ4n) is 2.99. The summed E-state index contributed by atoms with van der Waals surface area (Å²) in [6.07, 6.45) is 2.21. The Labute approximate surface area is 151 Å². The van der Waals surface area contributed by atoms with Crippen molar-refractivity contribution < 1.29 is 4.74 Å². The summed E-state index contributed by atoms with van der Waals surface area (Å²) in [5.74, 6) is 0.888. The summed E-state index contributed by atoms with van der Waals surface area (Å²) in [7, 11) is 1.71. The predicted molar refractivity (Wildman–Crippen MR) is 105 cm³/mol. The Morgan fingerprint density at radius 1 is 1.08 bits per heavy atom. The summed E-state index contributed by atoms with van der Waals surface area (Å²) in [5, 5.41) is 7.85. The number of benzene rings is 2. The zero-order valence-electron chi connectivity index (χ0n) is 14.2. The van der Waals surface area contributed by atoms with E-state index in [0.717, 1.165) is 34.3 Å². The van der Waals surface area contributed by atoms with Gasteiger partial charge in [0.25, 0.3) is 0 Å². The molecule has 0 saturated heterocycles. The van der Waals surface area contributed by atoms with Gasteiger partial charge in [-0.3, -0.25) is 0 Å². The highest BCUT2D eigenvalue weighted by Gasteiger charge is 2.21. The van der Waals surface area contributed by atoms with Crippen molar-refractivity contribution in [2.45, 2.75) is 11.8 Å². The van der Waals surface area contributed by atoms with Gasteiger partial charge in [0.05, 0.1) is 24.3 Å². The van der Waals surface area contributed by atoms with Crippen LogP contribution in [0.15, 0.2) is 75.9 Å². The first-order chi connectivity index (χ1) is 12.3. The second kappa shape index (κ2) is 6.69. The summed E-state index contributed by atoms with van der Waals surface area (Å²) in [6.45, 7) is 2.78. The molecule has 5 heteroatoms. The number of hydrazone groups is 1. The normalized spacial score (nSPS) is 18.6. The molecule has 4 rings (SSSR count). The minimum absolute atomic E-state index is 0.749. The van der Waals surface area contributed by atoms with Crippen molar-refractivity contribution in [1.82, 2.24) is 5.43 Å². The number of thioether (sulfide) groups is 1. The minimum atomic E-state index is 0.749. The molecule has 0 bridgehead atoms. The maximum Gasteiger partial charge on any atom is 0.132 e. The number of fused-ring (bicyclic) bond motifs is 1. The highest BCUT2D eigenvalue weighted by atomic mass is 32.2. The lowest BCUT2D eigenvalue weighted by molar-refractivity contribution is 0.405. The van der Waals surface area contributed by atoms with Gasteiger partial charge in [0.1, 0.15) is 5.75 Å². The summed E-state index contributed by atoms with van der Waals surface area (Å²) in [5.41, 5.74) is 8.70. The maximum atomic E-state index is 5.51. The van der Waals surface area contributed by atoms with Crippen molar-refractivity contribution in [2.75, 3.05) is 19.0 Å². The van der Waals surface area contributed by atoms with Crippen LogP contribution in [0.2, 0.25) is 0 Å². The van der Waals surface area contributed by atoms with Crippen LogP contribution >= 0.6 is 11.8 Å². The number of methoxy groups -OCH3 is 1. The smallest absolute Gasteiger partial charge is 0.132 e. The van der Waals surface area contributed by atoms with E-state index in [4.69, 9.17) is 4.74 Å². The molecule has 2 aromatic carbocycles. The van der Waals surface area contributed by atoms with Gasteiger partial charge < -0.3 is 15.5 Å². The Morgan fingerprint density at radius 2 is 1.88 bits per heavy atom. The Morgan fingerprint density at radius 3 is 2.68 bits per heavy atom. The summed E-state index contributed by atoms with van der Waals surface area (Å²) in [6, 6.07) is 16.5. The van der Waals surface area contributed by atoms with Crippen LogP contribution in [0.3, 0.4) is 0 Å². The molecule has 2 heterocycles. The molecule has 25 heavy (non-hydrogen) atoms. The SMILES string of the molecule is COc1ccccc1SC1=CC(=C2CNN=C2C)Nc2ccccc21. The zero-order chi connectivity index (χ0) is 17.2. The summed E-state index contributed by atoms with van der Waals surface area (Å²) in [4.78, 5) is 2.30. The lowest BCUT2D eigenvalue weighted by Crippen LogP contribution is -2.13.